The number of aliphatic carboxylic acids is 1. The summed E-state index contributed by atoms with van der Waals surface area (Å²) in [4.78, 5) is 22.9. The van der Waals surface area contributed by atoms with Crippen LogP contribution in [0.2, 0.25) is 0 Å². The highest BCUT2D eigenvalue weighted by Gasteiger charge is 2.38. The third-order valence-electron chi connectivity index (χ3n) is 1.88. The molecule has 0 aliphatic carbocycles. The maximum Gasteiger partial charge on any atom is 0.410 e. The summed E-state index contributed by atoms with van der Waals surface area (Å²) in [5.41, 5.74) is 0. The van der Waals surface area contributed by atoms with Gasteiger partial charge in [-0.05, 0) is 20.3 Å². The van der Waals surface area contributed by atoms with E-state index in [0.29, 0.717) is 13.0 Å². The average Bonchev–Trinajstić information content (AvgIpc) is 1.79. The van der Waals surface area contributed by atoms with Crippen LogP contribution in [0, 0.1) is 0 Å². The minimum Gasteiger partial charge on any atom is -0.480 e. The van der Waals surface area contributed by atoms with E-state index in [1.54, 1.807) is 13.8 Å². The number of carboxylic acids is 1. The molecule has 0 bridgehead atoms. The molecule has 0 radical (unpaired) electrons. The Morgan fingerprint density at radius 3 is 2.46 bits per heavy atom. The first-order chi connectivity index (χ1) is 6.02. The summed E-state index contributed by atoms with van der Waals surface area (Å²) in [5.74, 6) is -0.966. The van der Waals surface area contributed by atoms with Gasteiger partial charge in [0, 0.05) is 6.54 Å². The van der Waals surface area contributed by atoms with Crippen LogP contribution in [0.5, 0.6) is 0 Å². The summed E-state index contributed by atoms with van der Waals surface area (Å²) in [6.07, 6.45) is -0.223. The zero-order valence-corrected chi connectivity index (χ0v) is 7.69. The number of likely N-dealkylation sites (tertiary alicyclic amines) is 1. The van der Waals surface area contributed by atoms with Gasteiger partial charge in [-0.1, -0.05) is 0 Å². The van der Waals surface area contributed by atoms with Gasteiger partial charge in [0.1, 0.15) is 6.04 Å². The number of carbonyl (C=O) groups excluding carboxylic acids is 1. The minimum atomic E-state index is -0.966. The zero-order chi connectivity index (χ0) is 10.0. The number of hydrogen-bond donors (Lipinski definition) is 1. The SMILES string of the molecule is CC(C)OC(=O)N1CC[C@H]1C(=O)O. The molecule has 0 aromatic carbocycles. The minimum absolute atomic E-state index is 0.206. The topological polar surface area (TPSA) is 66.8 Å². The van der Waals surface area contributed by atoms with Crippen LogP contribution in [0.1, 0.15) is 20.3 Å². The highest BCUT2D eigenvalue weighted by molar-refractivity contribution is 5.81. The molecule has 74 valence electrons. The highest BCUT2D eigenvalue weighted by Crippen LogP contribution is 2.18. The van der Waals surface area contributed by atoms with Crippen molar-refractivity contribution in [1.29, 1.82) is 0 Å². The van der Waals surface area contributed by atoms with Crippen LogP contribution >= 0.6 is 0 Å². The van der Waals surface area contributed by atoms with E-state index in [2.05, 4.69) is 0 Å². The lowest BCUT2D eigenvalue weighted by molar-refractivity contribution is -0.147. The van der Waals surface area contributed by atoms with E-state index in [9.17, 15) is 9.59 Å². The van der Waals surface area contributed by atoms with Crippen molar-refractivity contribution < 1.29 is 19.4 Å². The molecule has 1 aliphatic heterocycles. The normalized spacial score (nSPS) is 21.2. The second-order valence-electron chi connectivity index (χ2n) is 3.27. The fraction of sp³-hybridized carbons (Fsp3) is 0.750. The molecule has 1 fully saturated rings. The van der Waals surface area contributed by atoms with Gasteiger partial charge in [0.15, 0.2) is 0 Å². The fourth-order valence-corrected chi connectivity index (χ4v) is 1.13. The van der Waals surface area contributed by atoms with Crippen molar-refractivity contribution in [3.05, 3.63) is 0 Å². The first-order valence-electron chi connectivity index (χ1n) is 4.22. The summed E-state index contributed by atoms with van der Waals surface area (Å²) in [5, 5.41) is 8.64. The molecule has 0 unspecified atom stereocenters. The Bertz CT molecular complexity index is 226. The number of carboxylic acid groups (broad SMARTS) is 1. The Balaban J connectivity index is 2.44. The van der Waals surface area contributed by atoms with E-state index in [-0.39, 0.29) is 6.10 Å². The van der Waals surface area contributed by atoms with E-state index in [0.717, 1.165) is 0 Å². The van der Waals surface area contributed by atoms with Gasteiger partial charge in [0.05, 0.1) is 6.10 Å². The fourth-order valence-electron chi connectivity index (χ4n) is 1.13. The van der Waals surface area contributed by atoms with Crippen LogP contribution < -0.4 is 0 Å². The third-order valence-corrected chi connectivity index (χ3v) is 1.88. The summed E-state index contributed by atoms with van der Waals surface area (Å²) in [6, 6.07) is -0.689. The Kier molecular flexibility index (Phi) is 2.75. The van der Waals surface area contributed by atoms with Crippen LogP contribution in [0.15, 0.2) is 0 Å². The van der Waals surface area contributed by atoms with E-state index < -0.39 is 18.1 Å². The van der Waals surface area contributed by atoms with Crippen molar-refractivity contribution in [3.63, 3.8) is 0 Å². The average molecular weight is 187 g/mol. The predicted molar refractivity (Wildman–Crippen MR) is 44.4 cm³/mol. The maximum atomic E-state index is 11.2. The van der Waals surface area contributed by atoms with Gasteiger partial charge in [-0.25, -0.2) is 9.59 Å². The number of nitrogens with zero attached hydrogens (tertiary/aromatic N) is 1. The van der Waals surface area contributed by atoms with Crippen LogP contribution in [-0.4, -0.2) is 40.8 Å². The highest BCUT2D eigenvalue weighted by atomic mass is 16.6. The lowest BCUT2D eigenvalue weighted by Crippen LogP contribution is -2.55. The lowest BCUT2D eigenvalue weighted by atomic mass is 10.1. The first kappa shape index (κ1) is 9.83. The van der Waals surface area contributed by atoms with Crippen molar-refractivity contribution in [2.45, 2.75) is 32.4 Å². The third kappa shape index (κ3) is 2.11. The zero-order valence-electron chi connectivity index (χ0n) is 7.69. The first-order valence-corrected chi connectivity index (χ1v) is 4.22. The van der Waals surface area contributed by atoms with Gasteiger partial charge in [-0.3, -0.25) is 4.90 Å². The monoisotopic (exact) mass is 187 g/mol. The summed E-state index contributed by atoms with van der Waals surface area (Å²) in [6.45, 7) is 3.93. The smallest absolute Gasteiger partial charge is 0.410 e. The van der Waals surface area contributed by atoms with Crippen molar-refractivity contribution in [3.8, 4) is 0 Å². The Labute approximate surface area is 76.3 Å². The van der Waals surface area contributed by atoms with Gasteiger partial charge in [0.25, 0.3) is 0 Å². The number of amides is 1. The Morgan fingerprint density at radius 2 is 2.15 bits per heavy atom. The quantitative estimate of drug-likeness (QED) is 0.690. The molecule has 1 saturated heterocycles. The van der Waals surface area contributed by atoms with Crippen LogP contribution in [0.4, 0.5) is 4.79 Å². The molecule has 1 heterocycles. The molecule has 1 atom stereocenters. The van der Waals surface area contributed by atoms with E-state index in [1.807, 2.05) is 0 Å². The number of hydrogen-bond acceptors (Lipinski definition) is 3. The molecular weight excluding hydrogens is 174 g/mol. The van der Waals surface area contributed by atoms with Crippen molar-refractivity contribution in [2.24, 2.45) is 0 Å². The largest absolute Gasteiger partial charge is 0.480 e. The van der Waals surface area contributed by atoms with Gasteiger partial charge in [-0.15, -0.1) is 0 Å². The molecule has 1 rings (SSSR count). The second-order valence-corrected chi connectivity index (χ2v) is 3.27. The van der Waals surface area contributed by atoms with Gasteiger partial charge in [-0.2, -0.15) is 0 Å². The van der Waals surface area contributed by atoms with E-state index >= 15 is 0 Å². The molecule has 1 amide bonds. The van der Waals surface area contributed by atoms with Crippen LogP contribution in [0.3, 0.4) is 0 Å². The second kappa shape index (κ2) is 3.64. The molecule has 0 spiro atoms. The summed E-state index contributed by atoms with van der Waals surface area (Å²) in [7, 11) is 0. The molecule has 1 N–H and O–H groups in total. The molecule has 5 heteroatoms. The van der Waals surface area contributed by atoms with E-state index in [1.165, 1.54) is 4.90 Å². The molecule has 0 aromatic rings. The molecule has 0 aromatic heterocycles. The lowest BCUT2D eigenvalue weighted by Gasteiger charge is -2.37. The van der Waals surface area contributed by atoms with Gasteiger partial charge < -0.3 is 9.84 Å². The number of ether oxygens (including phenoxy) is 1. The van der Waals surface area contributed by atoms with Crippen molar-refractivity contribution in [1.82, 2.24) is 4.90 Å². The molecule has 5 nitrogen and oxygen atoms in total. The van der Waals surface area contributed by atoms with Crippen molar-refractivity contribution in [2.75, 3.05) is 6.54 Å². The van der Waals surface area contributed by atoms with E-state index in [4.69, 9.17) is 9.84 Å². The molecular formula is C8H13NO4. The number of rotatable bonds is 2. The standard InChI is InChI=1S/C8H13NO4/c1-5(2)13-8(12)9-4-3-6(9)7(10)11/h5-6H,3-4H2,1-2H3,(H,10,11)/t6-/m0/s1. The Morgan fingerprint density at radius 1 is 1.54 bits per heavy atom. The molecule has 13 heavy (non-hydrogen) atoms. The summed E-state index contributed by atoms with van der Waals surface area (Å²) >= 11 is 0. The van der Waals surface area contributed by atoms with Crippen molar-refractivity contribution >= 4 is 12.1 Å². The number of carbonyl (C=O) groups is 2. The molecule has 1 aliphatic rings. The van der Waals surface area contributed by atoms with Crippen LogP contribution in [-0.2, 0) is 9.53 Å². The van der Waals surface area contributed by atoms with Crippen LogP contribution in [0.25, 0.3) is 0 Å². The Hall–Kier alpha value is -1.26. The maximum absolute atomic E-state index is 11.2. The van der Waals surface area contributed by atoms with Gasteiger partial charge >= 0.3 is 12.1 Å². The molecule has 0 saturated carbocycles. The predicted octanol–water partition coefficient (Wildman–Crippen LogP) is 0.690. The van der Waals surface area contributed by atoms with Gasteiger partial charge in [0.2, 0.25) is 0 Å². The summed E-state index contributed by atoms with van der Waals surface area (Å²) < 4.78 is 4.86.